The predicted octanol–water partition coefficient (Wildman–Crippen LogP) is 4.96. The summed E-state index contributed by atoms with van der Waals surface area (Å²) in [7, 11) is 0. The first-order valence-electron chi connectivity index (χ1n) is 11.2. The molecule has 35 heavy (non-hydrogen) atoms. The number of benzene rings is 3. The number of anilines is 1. The molecule has 0 radical (unpaired) electrons. The third-order valence-corrected chi connectivity index (χ3v) is 7.15. The molecule has 3 aromatic carbocycles. The topological polar surface area (TPSA) is 72.9 Å². The Morgan fingerprint density at radius 1 is 0.914 bits per heavy atom. The number of amides is 2. The van der Waals surface area contributed by atoms with E-state index >= 15 is 0 Å². The highest BCUT2D eigenvalue weighted by Crippen LogP contribution is 2.37. The van der Waals surface area contributed by atoms with Gasteiger partial charge in [0.05, 0.1) is 24.6 Å². The molecule has 4 atom stereocenters. The van der Waals surface area contributed by atoms with E-state index in [0.29, 0.717) is 16.3 Å². The van der Waals surface area contributed by atoms with Gasteiger partial charge in [-0.25, -0.2) is 5.01 Å². The maximum atomic E-state index is 13.6. The molecule has 0 bridgehead atoms. The van der Waals surface area contributed by atoms with Crippen molar-refractivity contribution in [2.24, 2.45) is 5.92 Å². The summed E-state index contributed by atoms with van der Waals surface area (Å²) in [6.45, 7) is 0.202. The second kappa shape index (κ2) is 9.95. The zero-order valence-corrected chi connectivity index (χ0v) is 20.9. The van der Waals surface area contributed by atoms with Crippen LogP contribution in [0.15, 0.2) is 95.5 Å². The van der Waals surface area contributed by atoms with Gasteiger partial charge in [-0.3, -0.25) is 14.5 Å². The molecule has 2 amide bonds. The molecule has 2 aliphatic heterocycles. The van der Waals surface area contributed by atoms with Crippen molar-refractivity contribution >= 4 is 45.0 Å². The maximum Gasteiger partial charge on any atom is 0.249 e. The highest BCUT2D eigenvalue weighted by molar-refractivity contribution is 9.10. The number of aliphatic hydroxyl groups excluding tert-OH is 1. The van der Waals surface area contributed by atoms with Crippen LogP contribution in [0.1, 0.15) is 17.2 Å². The number of aliphatic hydroxyl groups is 1. The summed E-state index contributed by atoms with van der Waals surface area (Å²) in [5, 5.41) is 13.6. The lowest BCUT2D eigenvalue weighted by atomic mass is 9.90. The van der Waals surface area contributed by atoms with Crippen molar-refractivity contribution in [2.75, 3.05) is 5.43 Å². The number of carbonyl (C=O) groups excluding carboxylic acids is 2. The Morgan fingerprint density at radius 3 is 2.29 bits per heavy atom. The van der Waals surface area contributed by atoms with Gasteiger partial charge in [0.1, 0.15) is 6.04 Å². The predicted molar refractivity (Wildman–Crippen MR) is 138 cm³/mol. The molecule has 6 nitrogen and oxygen atoms in total. The quantitative estimate of drug-likeness (QED) is 0.334. The number of nitrogens with zero attached hydrogens (tertiary/aromatic N) is 2. The molecule has 8 heteroatoms. The fraction of sp³-hybridized carbons (Fsp3) is 0.185. The molecule has 5 rings (SSSR count). The molecular weight excluding hydrogens is 530 g/mol. The highest BCUT2D eigenvalue weighted by Gasteiger charge is 2.53. The van der Waals surface area contributed by atoms with E-state index in [0.717, 1.165) is 10.0 Å². The summed E-state index contributed by atoms with van der Waals surface area (Å²) >= 11 is 9.47. The number of hydrazine groups is 1. The average molecular weight is 553 g/mol. The Labute approximate surface area is 216 Å². The first-order chi connectivity index (χ1) is 16.9. The monoisotopic (exact) mass is 551 g/mol. The van der Waals surface area contributed by atoms with Crippen LogP contribution in [0, 0.1) is 5.92 Å². The van der Waals surface area contributed by atoms with Gasteiger partial charge in [0, 0.05) is 15.2 Å². The number of hydrogen-bond acceptors (Lipinski definition) is 5. The largest absolute Gasteiger partial charge is 0.386 e. The van der Waals surface area contributed by atoms with Crippen molar-refractivity contribution in [1.82, 2.24) is 9.91 Å². The van der Waals surface area contributed by atoms with Crippen molar-refractivity contribution in [3.8, 4) is 0 Å². The van der Waals surface area contributed by atoms with E-state index in [1.54, 1.807) is 41.4 Å². The lowest BCUT2D eigenvalue weighted by Crippen LogP contribution is -2.55. The molecule has 2 N–H and O–H groups in total. The van der Waals surface area contributed by atoms with Crippen molar-refractivity contribution in [2.45, 2.75) is 24.7 Å². The van der Waals surface area contributed by atoms with Gasteiger partial charge in [-0.1, -0.05) is 82.1 Å². The zero-order chi connectivity index (χ0) is 24.5. The summed E-state index contributed by atoms with van der Waals surface area (Å²) in [6, 6.07) is 22.5. The molecule has 0 aliphatic carbocycles. The maximum absolute atomic E-state index is 13.6. The van der Waals surface area contributed by atoms with Crippen molar-refractivity contribution in [1.29, 1.82) is 0 Å². The molecule has 2 heterocycles. The van der Waals surface area contributed by atoms with E-state index in [2.05, 4.69) is 21.4 Å². The minimum Gasteiger partial charge on any atom is -0.386 e. The molecular formula is C27H23BrClN3O3. The summed E-state index contributed by atoms with van der Waals surface area (Å²) in [5.74, 6) is -1.21. The van der Waals surface area contributed by atoms with Crippen LogP contribution >= 0.6 is 27.5 Å². The SMILES string of the molecule is O=C1C2C=CC([C@H](O)c3ccc(Br)cc3)N(Nc3ccc(Cl)cc3)C2C(=O)N1Cc1ccccc1. The number of likely N-dealkylation sites (tertiary alicyclic amines) is 1. The lowest BCUT2D eigenvalue weighted by Gasteiger charge is -2.40. The summed E-state index contributed by atoms with van der Waals surface area (Å²) in [6.07, 6.45) is 2.61. The van der Waals surface area contributed by atoms with Crippen LogP contribution in [-0.2, 0) is 16.1 Å². The lowest BCUT2D eigenvalue weighted by molar-refractivity contribution is -0.140. The first-order valence-corrected chi connectivity index (χ1v) is 12.4. The third kappa shape index (κ3) is 4.77. The normalized spacial score (nSPS) is 22.8. The van der Waals surface area contributed by atoms with E-state index in [1.165, 1.54) is 4.90 Å². The molecule has 0 saturated carbocycles. The molecule has 178 valence electrons. The Hall–Kier alpha value is -2.97. The van der Waals surface area contributed by atoms with Crippen LogP contribution in [-0.4, -0.2) is 38.9 Å². The van der Waals surface area contributed by atoms with E-state index in [9.17, 15) is 14.7 Å². The van der Waals surface area contributed by atoms with E-state index < -0.39 is 24.1 Å². The Morgan fingerprint density at radius 2 is 1.60 bits per heavy atom. The van der Waals surface area contributed by atoms with E-state index in [4.69, 9.17) is 11.6 Å². The van der Waals surface area contributed by atoms with Crippen molar-refractivity contribution < 1.29 is 14.7 Å². The van der Waals surface area contributed by atoms with E-state index in [1.807, 2.05) is 54.6 Å². The minimum atomic E-state index is -0.939. The molecule has 2 aliphatic rings. The van der Waals surface area contributed by atoms with Gasteiger partial charge in [0.15, 0.2) is 0 Å². The molecule has 0 spiro atoms. The highest BCUT2D eigenvalue weighted by atomic mass is 79.9. The van der Waals surface area contributed by atoms with Crippen LogP contribution in [0.3, 0.4) is 0 Å². The number of fused-ring (bicyclic) bond motifs is 1. The summed E-state index contributed by atoms with van der Waals surface area (Å²) in [5.41, 5.74) is 5.55. The minimum absolute atomic E-state index is 0.202. The van der Waals surface area contributed by atoms with Crippen LogP contribution in [0.25, 0.3) is 0 Å². The number of nitrogens with one attached hydrogen (secondary N) is 1. The second-order valence-electron chi connectivity index (χ2n) is 8.62. The Balaban J connectivity index is 1.49. The third-order valence-electron chi connectivity index (χ3n) is 6.37. The zero-order valence-electron chi connectivity index (χ0n) is 18.6. The number of rotatable bonds is 6. The van der Waals surface area contributed by atoms with Crippen LogP contribution in [0.5, 0.6) is 0 Å². The van der Waals surface area contributed by atoms with Gasteiger partial charge in [-0.05, 0) is 47.5 Å². The summed E-state index contributed by atoms with van der Waals surface area (Å²) in [4.78, 5) is 28.2. The number of hydrogen-bond donors (Lipinski definition) is 2. The molecule has 3 aromatic rings. The Bertz CT molecular complexity index is 1250. The fourth-order valence-electron chi connectivity index (χ4n) is 4.58. The van der Waals surface area contributed by atoms with E-state index in [-0.39, 0.29) is 18.4 Å². The number of carbonyl (C=O) groups is 2. The average Bonchev–Trinajstić information content (AvgIpc) is 3.11. The van der Waals surface area contributed by atoms with Gasteiger partial charge in [0.2, 0.25) is 11.8 Å². The molecule has 3 unspecified atom stereocenters. The van der Waals surface area contributed by atoms with Crippen LogP contribution in [0.2, 0.25) is 5.02 Å². The van der Waals surface area contributed by atoms with Crippen molar-refractivity contribution in [3.63, 3.8) is 0 Å². The Kier molecular flexibility index (Phi) is 6.75. The molecule has 1 fully saturated rings. The van der Waals surface area contributed by atoms with Gasteiger partial charge in [-0.15, -0.1) is 0 Å². The summed E-state index contributed by atoms with van der Waals surface area (Å²) < 4.78 is 0.900. The second-order valence-corrected chi connectivity index (χ2v) is 9.97. The smallest absolute Gasteiger partial charge is 0.249 e. The molecule has 0 aromatic heterocycles. The van der Waals surface area contributed by atoms with Gasteiger partial charge >= 0.3 is 0 Å². The van der Waals surface area contributed by atoms with Crippen LogP contribution in [0.4, 0.5) is 5.69 Å². The fourth-order valence-corrected chi connectivity index (χ4v) is 4.97. The first kappa shape index (κ1) is 23.8. The number of imide groups is 1. The van der Waals surface area contributed by atoms with Crippen LogP contribution < -0.4 is 5.43 Å². The number of halogens is 2. The van der Waals surface area contributed by atoms with Gasteiger partial charge in [-0.2, -0.15) is 0 Å². The van der Waals surface area contributed by atoms with Gasteiger partial charge in [0.25, 0.3) is 0 Å². The van der Waals surface area contributed by atoms with Gasteiger partial charge < -0.3 is 10.5 Å². The standard InChI is InChI=1S/C27H23BrClN3O3/c28-19-8-6-18(7-9-19)25(33)23-15-14-22-24(32(23)30-21-12-10-20(29)11-13-21)27(35)31(26(22)34)16-17-4-2-1-3-5-17/h1-15,22-25,30,33H,16H2/t22?,23?,24?,25-/m1/s1. The molecule has 1 saturated heterocycles. The van der Waals surface area contributed by atoms with Crippen molar-refractivity contribution in [3.05, 3.63) is 112 Å².